The van der Waals surface area contributed by atoms with Crippen molar-refractivity contribution in [3.63, 3.8) is 0 Å². The molecule has 90 valence electrons. The predicted octanol–water partition coefficient (Wildman–Crippen LogP) is 1.25. The average molecular weight is 241 g/mol. The maximum Gasteiger partial charge on any atom is 0.0910 e. The largest absolute Gasteiger partial charge is 0.374 e. The van der Waals surface area contributed by atoms with Crippen molar-refractivity contribution in [3.8, 4) is 0 Å². The van der Waals surface area contributed by atoms with Crippen molar-refractivity contribution in [2.45, 2.75) is 32.0 Å². The monoisotopic (exact) mass is 241 g/mol. The van der Waals surface area contributed by atoms with E-state index < -0.39 is 0 Å². The van der Waals surface area contributed by atoms with Crippen LogP contribution in [-0.2, 0) is 4.74 Å². The minimum Gasteiger partial charge on any atom is -0.374 e. The van der Waals surface area contributed by atoms with E-state index in [0.29, 0.717) is 12.6 Å². The van der Waals surface area contributed by atoms with E-state index in [1.54, 1.807) is 11.3 Å². The van der Waals surface area contributed by atoms with Gasteiger partial charge in [0.2, 0.25) is 0 Å². The van der Waals surface area contributed by atoms with Gasteiger partial charge in [-0.25, -0.2) is 4.98 Å². The topological polar surface area (TPSA) is 51.4 Å². The summed E-state index contributed by atoms with van der Waals surface area (Å²) in [6, 6.07) is 0.703. The van der Waals surface area contributed by atoms with Crippen LogP contribution in [0.4, 0.5) is 0 Å². The van der Waals surface area contributed by atoms with Gasteiger partial charge in [-0.15, -0.1) is 11.3 Å². The van der Waals surface area contributed by atoms with Crippen LogP contribution in [0.15, 0.2) is 10.9 Å². The molecule has 4 nitrogen and oxygen atoms in total. The summed E-state index contributed by atoms with van der Waals surface area (Å²) >= 11 is 1.63. The second-order valence-corrected chi connectivity index (χ2v) is 5.05. The van der Waals surface area contributed by atoms with E-state index in [9.17, 15) is 0 Å². The average Bonchev–Trinajstić information content (AvgIpc) is 2.81. The minimum atomic E-state index is 0.0678. The maximum absolute atomic E-state index is 5.79. The lowest BCUT2D eigenvalue weighted by Gasteiger charge is -2.42. The molecular weight excluding hydrogens is 222 g/mol. The second kappa shape index (κ2) is 5.23. The third-order valence-corrected chi connectivity index (χ3v) is 3.65. The van der Waals surface area contributed by atoms with E-state index in [2.05, 4.69) is 29.1 Å². The Kier molecular flexibility index (Phi) is 3.91. The number of nitrogens with zero attached hydrogens (tertiary/aromatic N) is 2. The highest BCUT2D eigenvalue weighted by Crippen LogP contribution is 2.30. The van der Waals surface area contributed by atoms with Crippen LogP contribution < -0.4 is 5.73 Å². The molecule has 1 fully saturated rings. The third-order valence-electron chi connectivity index (χ3n) is 3.04. The van der Waals surface area contributed by atoms with Gasteiger partial charge < -0.3 is 10.5 Å². The number of nitrogens with two attached hydrogens (primary N) is 1. The number of morpholine rings is 1. The van der Waals surface area contributed by atoms with Gasteiger partial charge in [0.25, 0.3) is 0 Å². The summed E-state index contributed by atoms with van der Waals surface area (Å²) in [5.41, 5.74) is 8.75. The Morgan fingerprint density at radius 1 is 1.69 bits per heavy atom. The Labute approximate surface area is 100 Å². The Morgan fingerprint density at radius 3 is 3.06 bits per heavy atom. The van der Waals surface area contributed by atoms with Crippen LogP contribution in [0.2, 0.25) is 0 Å². The molecule has 1 saturated heterocycles. The summed E-state index contributed by atoms with van der Waals surface area (Å²) in [5, 5.41) is 2.09. The molecule has 2 unspecified atom stereocenters. The van der Waals surface area contributed by atoms with Gasteiger partial charge in [0, 0.05) is 24.5 Å². The molecule has 2 atom stereocenters. The van der Waals surface area contributed by atoms with E-state index in [1.807, 2.05) is 5.51 Å². The summed E-state index contributed by atoms with van der Waals surface area (Å²) in [5.74, 6) is 0. The van der Waals surface area contributed by atoms with Crippen molar-refractivity contribution in [2.24, 2.45) is 5.73 Å². The highest BCUT2D eigenvalue weighted by Gasteiger charge is 2.35. The van der Waals surface area contributed by atoms with Gasteiger partial charge in [-0.2, -0.15) is 0 Å². The van der Waals surface area contributed by atoms with Crippen LogP contribution in [0, 0.1) is 0 Å². The molecule has 2 rings (SSSR count). The SMILES string of the molecule is CC(C)N1CCOC(CN)C1c1cscn1. The van der Waals surface area contributed by atoms with Gasteiger partial charge in [0.1, 0.15) is 0 Å². The predicted molar refractivity (Wildman–Crippen MR) is 65.5 cm³/mol. The molecule has 0 spiro atoms. The van der Waals surface area contributed by atoms with Crippen LogP contribution in [-0.4, -0.2) is 41.7 Å². The molecule has 2 N–H and O–H groups in total. The quantitative estimate of drug-likeness (QED) is 0.865. The zero-order valence-electron chi connectivity index (χ0n) is 9.80. The van der Waals surface area contributed by atoms with Gasteiger partial charge in [0.15, 0.2) is 0 Å². The molecule has 16 heavy (non-hydrogen) atoms. The lowest BCUT2D eigenvalue weighted by molar-refractivity contribution is -0.0801. The molecule has 1 aliphatic rings. The van der Waals surface area contributed by atoms with E-state index in [1.165, 1.54) is 0 Å². The minimum absolute atomic E-state index is 0.0678. The molecule has 1 aliphatic heterocycles. The fourth-order valence-electron chi connectivity index (χ4n) is 2.26. The molecule has 5 heteroatoms. The van der Waals surface area contributed by atoms with E-state index in [-0.39, 0.29) is 12.1 Å². The molecular formula is C11H19N3OS. The van der Waals surface area contributed by atoms with E-state index >= 15 is 0 Å². The summed E-state index contributed by atoms with van der Waals surface area (Å²) in [4.78, 5) is 6.84. The summed E-state index contributed by atoms with van der Waals surface area (Å²) in [6.45, 7) is 6.68. The lowest BCUT2D eigenvalue weighted by atomic mass is 10.0. The van der Waals surface area contributed by atoms with Crippen LogP contribution in [0.5, 0.6) is 0 Å². The Hall–Kier alpha value is -0.490. The van der Waals surface area contributed by atoms with Gasteiger partial charge in [-0.3, -0.25) is 4.90 Å². The third kappa shape index (κ3) is 2.27. The van der Waals surface area contributed by atoms with Gasteiger partial charge in [0.05, 0.1) is 30.0 Å². The second-order valence-electron chi connectivity index (χ2n) is 4.33. The van der Waals surface area contributed by atoms with Gasteiger partial charge in [-0.05, 0) is 13.8 Å². The Bertz CT molecular complexity index is 315. The zero-order valence-corrected chi connectivity index (χ0v) is 10.6. The van der Waals surface area contributed by atoms with Crippen molar-refractivity contribution >= 4 is 11.3 Å². The highest BCUT2D eigenvalue weighted by atomic mass is 32.1. The van der Waals surface area contributed by atoms with Crippen molar-refractivity contribution < 1.29 is 4.74 Å². The molecule has 0 bridgehead atoms. The van der Waals surface area contributed by atoms with Crippen molar-refractivity contribution in [2.75, 3.05) is 19.7 Å². The fourth-order valence-corrected chi connectivity index (χ4v) is 2.84. The van der Waals surface area contributed by atoms with E-state index in [0.717, 1.165) is 18.8 Å². The number of aromatic nitrogens is 1. The normalized spacial score (nSPS) is 27.5. The van der Waals surface area contributed by atoms with E-state index in [4.69, 9.17) is 10.5 Å². The van der Waals surface area contributed by atoms with Crippen LogP contribution in [0.1, 0.15) is 25.6 Å². The molecule has 0 aliphatic carbocycles. The number of ether oxygens (including phenoxy) is 1. The van der Waals surface area contributed by atoms with Crippen molar-refractivity contribution in [1.82, 2.24) is 9.88 Å². The standard InChI is InChI=1S/C11H19N3OS/c1-8(2)14-3-4-15-10(5-12)11(14)9-6-16-7-13-9/h6-8,10-11H,3-5,12H2,1-2H3. The lowest BCUT2D eigenvalue weighted by Crippen LogP contribution is -2.50. The van der Waals surface area contributed by atoms with Crippen LogP contribution in [0.3, 0.4) is 0 Å². The number of thiazole rings is 1. The molecule has 0 aromatic carbocycles. The molecule has 2 heterocycles. The molecule has 0 saturated carbocycles. The first-order valence-electron chi connectivity index (χ1n) is 5.69. The van der Waals surface area contributed by atoms with Gasteiger partial charge >= 0.3 is 0 Å². The smallest absolute Gasteiger partial charge is 0.0910 e. The number of rotatable bonds is 3. The van der Waals surface area contributed by atoms with Crippen molar-refractivity contribution in [1.29, 1.82) is 0 Å². The fraction of sp³-hybridized carbons (Fsp3) is 0.727. The Morgan fingerprint density at radius 2 is 2.50 bits per heavy atom. The summed E-state index contributed by atoms with van der Waals surface area (Å²) in [6.07, 6.45) is 0.0678. The molecule has 1 aromatic heterocycles. The van der Waals surface area contributed by atoms with Crippen LogP contribution >= 0.6 is 11.3 Å². The number of hydrogen-bond acceptors (Lipinski definition) is 5. The zero-order chi connectivity index (χ0) is 11.5. The molecule has 1 aromatic rings. The molecule has 0 amide bonds. The maximum atomic E-state index is 5.79. The highest BCUT2D eigenvalue weighted by molar-refractivity contribution is 7.07. The molecule has 0 radical (unpaired) electrons. The Balaban J connectivity index is 2.24. The first-order valence-corrected chi connectivity index (χ1v) is 6.63. The first-order chi connectivity index (χ1) is 7.74. The number of hydrogen-bond donors (Lipinski definition) is 1. The summed E-state index contributed by atoms with van der Waals surface area (Å²) < 4.78 is 5.74. The first kappa shape index (κ1) is 12.0. The van der Waals surface area contributed by atoms with Crippen molar-refractivity contribution in [3.05, 3.63) is 16.6 Å². The van der Waals surface area contributed by atoms with Gasteiger partial charge in [-0.1, -0.05) is 0 Å². The summed E-state index contributed by atoms with van der Waals surface area (Å²) in [7, 11) is 0. The van der Waals surface area contributed by atoms with Crippen LogP contribution in [0.25, 0.3) is 0 Å².